The number of nitrogens with zero attached hydrogens (tertiary/aromatic N) is 1. The van der Waals surface area contributed by atoms with Gasteiger partial charge in [-0.05, 0) is 50.8 Å². The molecule has 3 rings (SSSR count). The van der Waals surface area contributed by atoms with E-state index < -0.39 is 16.0 Å². The van der Waals surface area contributed by atoms with Gasteiger partial charge in [-0.15, -0.1) is 0 Å². The highest BCUT2D eigenvalue weighted by Gasteiger charge is 2.38. The van der Waals surface area contributed by atoms with Crippen molar-refractivity contribution in [2.45, 2.75) is 39.7 Å². The fourth-order valence-corrected chi connectivity index (χ4v) is 4.80. The van der Waals surface area contributed by atoms with Gasteiger partial charge in [0, 0.05) is 22.7 Å². The minimum Gasteiger partial charge on any atom is -0.461 e. The second kappa shape index (κ2) is 8.97. The summed E-state index contributed by atoms with van der Waals surface area (Å²) in [5.41, 5.74) is 2.32. The topological polar surface area (TPSA) is 96.5 Å². The SMILES string of the molecule is CCOC(=O)c1[nH]c(C)c(C(=O)CN(C2CC2)S(=O)(=O)/C=C/c2ccccc2)c1C. The first kappa shape index (κ1) is 22.0. The van der Waals surface area contributed by atoms with E-state index in [0.717, 1.165) is 23.8 Å². The van der Waals surface area contributed by atoms with Gasteiger partial charge in [0.2, 0.25) is 10.0 Å². The first-order valence-electron chi connectivity index (χ1n) is 9.89. The zero-order chi connectivity index (χ0) is 21.9. The number of carbonyl (C=O) groups excluding carboxylic acids is 2. The van der Waals surface area contributed by atoms with Crippen molar-refractivity contribution in [2.75, 3.05) is 13.2 Å². The Morgan fingerprint density at radius 2 is 1.87 bits per heavy atom. The van der Waals surface area contributed by atoms with Crippen LogP contribution in [0.25, 0.3) is 6.08 Å². The van der Waals surface area contributed by atoms with Gasteiger partial charge in [0.15, 0.2) is 5.78 Å². The Hall–Kier alpha value is -2.71. The lowest BCUT2D eigenvalue weighted by Gasteiger charge is -2.19. The van der Waals surface area contributed by atoms with E-state index in [4.69, 9.17) is 4.74 Å². The number of aromatic nitrogens is 1. The zero-order valence-corrected chi connectivity index (χ0v) is 18.2. The molecule has 1 fully saturated rings. The van der Waals surface area contributed by atoms with Gasteiger partial charge in [-0.1, -0.05) is 30.3 Å². The molecule has 0 aliphatic heterocycles. The van der Waals surface area contributed by atoms with E-state index in [9.17, 15) is 18.0 Å². The number of ketones is 1. The molecule has 1 N–H and O–H groups in total. The number of hydrogen-bond acceptors (Lipinski definition) is 5. The number of H-pyrrole nitrogens is 1. The molecule has 1 aromatic heterocycles. The lowest BCUT2D eigenvalue weighted by Crippen LogP contribution is -2.36. The van der Waals surface area contributed by atoms with Crippen LogP contribution in [0.4, 0.5) is 0 Å². The maximum Gasteiger partial charge on any atom is 0.355 e. The van der Waals surface area contributed by atoms with Crippen LogP contribution in [0.15, 0.2) is 35.7 Å². The summed E-state index contributed by atoms with van der Waals surface area (Å²) in [5, 5.41) is 1.15. The molecular formula is C22H26N2O5S. The quantitative estimate of drug-likeness (QED) is 0.485. The van der Waals surface area contributed by atoms with Crippen LogP contribution in [0, 0.1) is 13.8 Å². The Labute approximate surface area is 176 Å². The number of aryl methyl sites for hydroxylation is 1. The summed E-state index contributed by atoms with van der Waals surface area (Å²) in [4.78, 5) is 28.0. The highest BCUT2D eigenvalue weighted by Crippen LogP contribution is 2.31. The number of aromatic amines is 1. The first-order valence-corrected chi connectivity index (χ1v) is 11.4. The number of esters is 1. The van der Waals surface area contributed by atoms with Crippen molar-refractivity contribution in [1.29, 1.82) is 0 Å². The van der Waals surface area contributed by atoms with Gasteiger partial charge in [0.25, 0.3) is 0 Å². The van der Waals surface area contributed by atoms with Gasteiger partial charge >= 0.3 is 5.97 Å². The standard InChI is InChI=1S/C22H26N2O5S/c1-4-29-22(26)21-15(2)20(16(3)23-21)19(25)14-24(18-10-11-18)30(27,28)13-12-17-8-6-5-7-9-17/h5-9,12-13,18,23H,4,10-11,14H2,1-3H3/b13-12+. The number of benzene rings is 1. The van der Waals surface area contributed by atoms with E-state index in [0.29, 0.717) is 16.8 Å². The van der Waals surface area contributed by atoms with Gasteiger partial charge in [-0.3, -0.25) is 4.79 Å². The summed E-state index contributed by atoms with van der Waals surface area (Å²) >= 11 is 0. The predicted octanol–water partition coefficient (Wildman–Crippen LogP) is 3.46. The van der Waals surface area contributed by atoms with Crippen LogP contribution in [-0.4, -0.2) is 48.7 Å². The van der Waals surface area contributed by atoms with E-state index in [1.165, 1.54) is 10.4 Å². The molecule has 0 spiro atoms. The average Bonchev–Trinajstić information content (AvgIpc) is 3.50. The van der Waals surface area contributed by atoms with E-state index >= 15 is 0 Å². The molecule has 0 amide bonds. The number of carbonyl (C=O) groups is 2. The van der Waals surface area contributed by atoms with Crippen molar-refractivity contribution in [3.63, 3.8) is 0 Å². The van der Waals surface area contributed by atoms with Gasteiger partial charge in [0.05, 0.1) is 13.2 Å². The minimum absolute atomic E-state index is 0.177. The maximum atomic E-state index is 13.0. The number of ether oxygens (including phenoxy) is 1. The minimum atomic E-state index is -3.77. The first-order chi connectivity index (χ1) is 14.2. The normalized spacial score (nSPS) is 14.4. The molecule has 1 aromatic carbocycles. The molecule has 0 saturated heterocycles. The Balaban J connectivity index is 1.83. The Morgan fingerprint density at radius 3 is 2.47 bits per heavy atom. The summed E-state index contributed by atoms with van der Waals surface area (Å²) in [7, 11) is -3.77. The van der Waals surface area contributed by atoms with Crippen LogP contribution in [0.1, 0.15) is 57.4 Å². The molecule has 0 radical (unpaired) electrons. The van der Waals surface area contributed by atoms with Gasteiger partial charge in [0.1, 0.15) is 5.69 Å². The molecule has 7 nitrogen and oxygen atoms in total. The van der Waals surface area contributed by atoms with Crippen molar-refractivity contribution in [3.8, 4) is 0 Å². The van der Waals surface area contributed by atoms with Gasteiger partial charge in [-0.2, -0.15) is 4.31 Å². The van der Waals surface area contributed by atoms with E-state index in [1.807, 2.05) is 30.3 Å². The summed E-state index contributed by atoms with van der Waals surface area (Å²) in [5.74, 6) is -0.880. The van der Waals surface area contributed by atoms with E-state index in [2.05, 4.69) is 4.98 Å². The molecule has 1 saturated carbocycles. The molecule has 8 heteroatoms. The third-order valence-corrected chi connectivity index (χ3v) is 6.57. The number of sulfonamides is 1. The van der Waals surface area contributed by atoms with Crippen LogP contribution in [0.3, 0.4) is 0 Å². The van der Waals surface area contributed by atoms with E-state index in [-0.39, 0.29) is 30.7 Å². The fraction of sp³-hybridized carbons (Fsp3) is 0.364. The molecule has 1 aliphatic carbocycles. The largest absolute Gasteiger partial charge is 0.461 e. The van der Waals surface area contributed by atoms with E-state index in [1.54, 1.807) is 20.8 Å². The van der Waals surface area contributed by atoms with Crippen LogP contribution < -0.4 is 0 Å². The van der Waals surface area contributed by atoms with Crippen LogP contribution in [0.2, 0.25) is 0 Å². The lowest BCUT2D eigenvalue weighted by atomic mass is 10.1. The van der Waals surface area contributed by atoms with Crippen LogP contribution >= 0.6 is 0 Å². The lowest BCUT2D eigenvalue weighted by molar-refractivity contribution is 0.0519. The second-order valence-corrected chi connectivity index (χ2v) is 9.07. The highest BCUT2D eigenvalue weighted by molar-refractivity contribution is 7.92. The molecule has 2 aromatic rings. The number of Topliss-reactive ketones (excluding diaryl/α,β-unsaturated/α-hetero) is 1. The third kappa shape index (κ3) is 4.88. The fourth-order valence-electron chi connectivity index (χ4n) is 3.39. The summed E-state index contributed by atoms with van der Waals surface area (Å²) in [6.45, 7) is 5.01. The highest BCUT2D eigenvalue weighted by atomic mass is 32.2. The smallest absolute Gasteiger partial charge is 0.355 e. The van der Waals surface area contributed by atoms with Crippen molar-refractivity contribution in [3.05, 3.63) is 63.8 Å². The predicted molar refractivity (Wildman–Crippen MR) is 115 cm³/mol. The monoisotopic (exact) mass is 430 g/mol. The van der Waals surface area contributed by atoms with Crippen LogP contribution in [-0.2, 0) is 14.8 Å². The molecule has 160 valence electrons. The van der Waals surface area contributed by atoms with Crippen molar-refractivity contribution in [1.82, 2.24) is 9.29 Å². The molecule has 30 heavy (non-hydrogen) atoms. The van der Waals surface area contributed by atoms with Crippen LogP contribution in [0.5, 0.6) is 0 Å². The number of rotatable bonds is 9. The summed E-state index contributed by atoms with van der Waals surface area (Å²) in [6.07, 6.45) is 2.98. The molecule has 0 unspecified atom stereocenters. The second-order valence-electron chi connectivity index (χ2n) is 7.30. The Kier molecular flexibility index (Phi) is 6.58. The molecule has 0 bridgehead atoms. The molecule has 1 aliphatic rings. The molecule has 0 atom stereocenters. The average molecular weight is 431 g/mol. The number of hydrogen-bond donors (Lipinski definition) is 1. The van der Waals surface area contributed by atoms with Crippen molar-refractivity contribution in [2.24, 2.45) is 0 Å². The third-order valence-electron chi connectivity index (χ3n) is 5.01. The number of nitrogens with one attached hydrogen (secondary N) is 1. The Morgan fingerprint density at radius 1 is 1.20 bits per heavy atom. The Bertz CT molecular complexity index is 1070. The zero-order valence-electron chi connectivity index (χ0n) is 17.3. The molecule has 1 heterocycles. The summed E-state index contributed by atoms with van der Waals surface area (Å²) in [6, 6.07) is 8.95. The van der Waals surface area contributed by atoms with Gasteiger partial charge < -0.3 is 9.72 Å². The molecular weight excluding hydrogens is 404 g/mol. The van der Waals surface area contributed by atoms with Gasteiger partial charge in [-0.25, -0.2) is 13.2 Å². The van der Waals surface area contributed by atoms with Crippen molar-refractivity contribution >= 4 is 27.9 Å². The maximum absolute atomic E-state index is 13.0. The summed E-state index contributed by atoms with van der Waals surface area (Å²) < 4.78 is 32.1. The van der Waals surface area contributed by atoms with Crippen molar-refractivity contribution < 1.29 is 22.7 Å².